The lowest BCUT2D eigenvalue weighted by Gasteiger charge is -2.18. The quantitative estimate of drug-likeness (QED) is 0.926. The fourth-order valence-electron chi connectivity index (χ4n) is 2.21. The molecule has 0 aliphatic rings. The molecule has 0 aliphatic heterocycles. The fourth-order valence-corrected chi connectivity index (χ4v) is 2.21. The third-order valence-electron chi connectivity index (χ3n) is 3.22. The van der Waals surface area contributed by atoms with Gasteiger partial charge in [0.25, 0.3) is 5.91 Å². The third-order valence-corrected chi connectivity index (χ3v) is 3.22. The molecular formula is C15H20N4O. The van der Waals surface area contributed by atoms with Crippen LogP contribution < -0.4 is 5.73 Å². The van der Waals surface area contributed by atoms with Crippen molar-refractivity contribution in [3.8, 4) is 0 Å². The maximum absolute atomic E-state index is 12.5. The minimum atomic E-state index is -0.108. The van der Waals surface area contributed by atoms with Crippen LogP contribution >= 0.6 is 0 Å². The molecule has 106 valence electrons. The van der Waals surface area contributed by atoms with Gasteiger partial charge in [-0.3, -0.25) is 9.48 Å². The molecule has 5 heteroatoms. The number of amides is 1. The first-order valence-corrected chi connectivity index (χ1v) is 6.65. The second-order valence-electron chi connectivity index (χ2n) is 4.91. The van der Waals surface area contributed by atoms with E-state index >= 15 is 0 Å². The molecule has 0 bridgehead atoms. The van der Waals surface area contributed by atoms with E-state index in [1.165, 1.54) is 11.8 Å². The second kappa shape index (κ2) is 5.77. The number of hydrogen-bond acceptors (Lipinski definition) is 3. The van der Waals surface area contributed by atoms with Crippen LogP contribution in [0.15, 0.2) is 30.5 Å². The summed E-state index contributed by atoms with van der Waals surface area (Å²) in [7, 11) is 1.77. The molecule has 0 saturated heterocycles. The number of hydrogen-bond donors (Lipinski definition) is 1. The van der Waals surface area contributed by atoms with E-state index in [0.29, 0.717) is 24.5 Å². The van der Waals surface area contributed by atoms with Gasteiger partial charge in [0.1, 0.15) is 5.69 Å². The lowest BCUT2D eigenvalue weighted by Crippen LogP contribution is -2.29. The monoisotopic (exact) mass is 272 g/mol. The van der Waals surface area contributed by atoms with Gasteiger partial charge in [0, 0.05) is 20.1 Å². The SMILES string of the molecule is CCn1ncc(N)c1C(=O)N(C)Cc1cccc(C)c1. The highest BCUT2D eigenvalue weighted by Gasteiger charge is 2.20. The van der Waals surface area contributed by atoms with Crippen LogP contribution in [0.4, 0.5) is 5.69 Å². The molecule has 1 heterocycles. The Morgan fingerprint density at radius 2 is 2.20 bits per heavy atom. The zero-order valence-electron chi connectivity index (χ0n) is 12.1. The Balaban J connectivity index is 2.18. The smallest absolute Gasteiger partial charge is 0.274 e. The van der Waals surface area contributed by atoms with Gasteiger partial charge in [0.05, 0.1) is 11.9 Å². The van der Waals surface area contributed by atoms with Gasteiger partial charge in [0.2, 0.25) is 0 Å². The zero-order chi connectivity index (χ0) is 14.7. The molecule has 0 aliphatic carbocycles. The zero-order valence-corrected chi connectivity index (χ0v) is 12.1. The van der Waals surface area contributed by atoms with Gasteiger partial charge in [-0.2, -0.15) is 5.10 Å². The van der Waals surface area contributed by atoms with Crippen LogP contribution in [0.5, 0.6) is 0 Å². The molecule has 1 aromatic heterocycles. The topological polar surface area (TPSA) is 64.2 Å². The van der Waals surface area contributed by atoms with Gasteiger partial charge in [-0.25, -0.2) is 0 Å². The number of nitrogen functional groups attached to an aromatic ring is 1. The van der Waals surface area contributed by atoms with E-state index in [1.54, 1.807) is 16.6 Å². The number of nitrogens with two attached hydrogens (primary N) is 1. The molecule has 0 atom stereocenters. The van der Waals surface area contributed by atoms with Crippen LogP contribution in [0.3, 0.4) is 0 Å². The largest absolute Gasteiger partial charge is 0.396 e. The van der Waals surface area contributed by atoms with Crippen LogP contribution in [0.25, 0.3) is 0 Å². The molecule has 0 radical (unpaired) electrons. The van der Waals surface area contributed by atoms with Crippen LogP contribution in [0.2, 0.25) is 0 Å². The first kappa shape index (κ1) is 14.1. The Bertz CT molecular complexity index is 618. The highest BCUT2D eigenvalue weighted by Crippen LogP contribution is 2.15. The molecule has 20 heavy (non-hydrogen) atoms. The van der Waals surface area contributed by atoms with Gasteiger partial charge in [-0.1, -0.05) is 29.8 Å². The Kier molecular flexibility index (Phi) is 4.08. The molecule has 0 fully saturated rings. The van der Waals surface area contributed by atoms with Crippen molar-refractivity contribution in [1.29, 1.82) is 0 Å². The van der Waals surface area contributed by atoms with E-state index in [2.05, 4.69) is 11.2 Å². The van der Waals surface area contributed by atoms with Crippen molar-refractivity contribution >= 4 is 11.6 Å². The number of aromatic nitrogens is 2. The molecule has 0 saturated carbocycles. The summed E-state index contributed by atoms with van der Waals surface area (Å²) in [5.74, 6) is -0.108. The highest BCUT2D eigenvalue weighted by molar-refractivity contribution is 5.97. The maximum atomic E-state index is 12.5. The van der Waals surface area contributed by atoms with E-state index in [9.17, 15) is 4.79 Å². The van der Waals surface area contributed by atoms with Crippen molar-refractivity contribution in [2.75, 3.05) is 12.8 Å². The minimum Gasteiger partial charge on any atom is -0.396 e. The number of carbonyl (C=O) groups is 1. The summed E-state index contributed by atoms with van der Waals surface area (Å²) in [6.07, 6.45) is 1.53. The van der Waals surface area contributed by atoms with Gasteiger partial charge in [0.15, 0.2) is 0 Å². The Morgan fingerprint density at radius 1 is 1.45 bits per heavy atom. The summed E-state index contributed by atoms with van der Waals surface area (Å²) in [5.41, 5.74) is 9.01. The Hall–Kier alpha value is -2.30. The molecule has 0 spiro atoms. The Morgan fingerprint density at radius 3 is 2.85 bits per heavy atom. The molecule has 5 nitrogen and oxygen atoms in total. The van der Waals surface area contributed by atoms with Crippen molar-refractivity contribution in [3.05, 3.63) is 47.3 Å². The number of anilines is 1. The molecule has 1 amide bonds. The van der Waals surface area contributed by atoms with Gasteiger partial charge in [-0.05, 0) is 19.4 Å². The van der Waals surface area contributed by atoms with Crippen molar-refractivity contribution in [1.82, 2.24) is 14.7 Å². The average molecular weight is 272 g/mol. The summed E-state index contributed by atoms with van der Waals surface area (Å²) in [6.45, 7) is 5.14. The predicted molar refractivity (Wildman–Crippen MR) is 79.3 cm³/mol. The number of benzene rings is 1. The molecule has 2 aromatic rings. The highest BCUT2D eigenvalue weighted by atomic mass is 16.2. The molecule has 2 rings (SSSR count). The van der Waals surface area contributed by atoms with Gasteiger partial charge >= 0.3 is 0 Å². The normalized spacial score (nSPS) is 10.6. The summed E-state index contributed by atoms with van der Waals surface area (Å²) in [5, 5.41) is 4.10. The standard InChI is InChI=1S/C15H20N4O/c1-4-19-14(13(16)9-17-19)15(20)18(3)10-12-7-5-6-11(2)8-12/h5-9H,4,10,16H2,1-3H3. The molecule has 1 aromatic carbocycles. The average Bonchev–Trinajstić information content (AvgIpc) is 2.79. The Labute approximate surface area is 119 Å². The first-order valence-electron chi connectivity index (χ1n) is 6.65. The fraction of sp³-hybridized carbons (Fsp3) is 0.333. The van der Waals surface area contributed by atoms with Crippen LogP contribution in [0, 0.1) is 6.92 Å². The number of carbonyl (C=O) groups excluding carboxylic acids is 1. The summed E-state index contributed by atoms with van der Waals surface area (Å²) in [4.78, 5) is 14.1. The first-order chi connectivity index (χ1) is 9.52. The van der Waals surface area contributed by atoms with Crippen molar-refractivity contribution in [3.63, 3.8) is 0 Å². The van der Waals surface area contributed by atoms with Gasteiger partial charge < -0.3 is 10.6 Å². The van der Waals surface area contributed by atoms with E-state index in [0.717, 1.165) is 5.56 Å². The summed E-state index contributed by atoms with van der Waals surface area (Å²) >= 11 is 0. The number of nitrogens with zero attached hydrogens (tertiary/aromatic N) is 3. The maximum Gasteiger partial charge on any atom is 0.274 e. The van der Waals surface area contributed by atoms with Crippen molar-refractivity contribution in [2.45, 2.75) is 26.9 Å². The lowest BCUT2D eigenvalue weighted by atomic mass is 10.1. The van der Waals surface area contributed by atoms with E-state index in [1.807, 2.05) is 32.0 Å². The molecule has 0 unspecified atom stereocenters. The predicted octanol–water partition coefficient (Wildman–Crippen LogP) is 2.07. The minimum absolute atomic E-state index is 0.108. The summed E-state index contributed by atoms with van der Waals surface area (Å²) in [6, 6.07) is 8.12. The van der Waals surface area contributed by atoms with E-state index in [-0.39, 0.29) is 5.91 Å². The van der Waals surface area contributed by atoms with Crippen LogP contribution in [-0.2, 0) is 13.1 Å². The van der Waals surface area contributed by atoms with Crippen molar-refractivity contribution < 1.29 is 4.79 Å². The number of rotatable bonds is 4. The second-order valence-corrected chi connectivity index (χ2v) is 4.91. The third kappa shape index (κ3) is 2.82. The molecule has 2 N–H and O–H groups in total. The van der Waals surface area contributed by atoms with Crippen LogP contribution in [-0.4, -0.2) is 27.6 Å². The van der Waals surface area contributed by atoms with E-state index < -0.39 is 0 Å². The van der Waals surface area contributed by atoms with Crippen molar-refractivity contribution in [2.24, 2.45) is 0 Å². The molecular weight excluding hydrogens is 252 g/mol. The van der Waals surface area contributed by atoms with Gasteiger partial charge in [-0.15, -0.1) is 0 Å². The summed E-state index contributed by atoms with van der Waals surface area (Å²) < 4.78 is 1.63. The number of aryl methyl sites for hydroxylation is 2. The van der Waals surface area contributed by atoms with E-state index in [4.69, 9.17) is 5.73 Å². The van der Waals surface area contributed by atoms with Crippen LogP contribution in [0.1, 0.15) is 28.5 Å². The lowest BCUT2D eigenvalue weighted by molar-refractivity contribution is 0.0774.